The van der Waals surface area contributed by atoms with Gasteiger partial charge in [-0.25, -0.2) is 0 Å². The highest BCUT2D eigenvalue weighted by Gasteiger charge is 2.19. The first kappa shape index (κ1) is 11.7. The molecule has 3 heteroatoms. The molecule has 0 aromatic carbocycles. The number of rotatable bonds is 2. The minimum Gasteiger partial charge on any atom is -0.464 e. The third kappa shape index (κ3) is 2.86. The second-order valence-corrected chi connectivity index (χ2v) is 5.40. The number of morpholine rings is 1. The average molecular weight is 223 g/mol. The summed E-state index contributed by atoms with van der Waals surface area (Å²) in [5.41, 5.74) is 0.100. The molecular formula is C13H21NO2. The van der Waals surface area contributed by atoms with Crippen LogP contribution in [0.5, 0.6) is 0 Å². The van der Waals surface area contributed by atoms with Crippen molar-refractivity contribution in [2.45, 2.75) is 32.7 Å². The Bertz CT molecular complexity index is 332. The average Bonchev–Trinajstić information content (AvgIpc) is 2.67. The maximum atomic E-state index is 5.87. The monoisotopic (exact) mass is 223 g/mol. The van der Waals surface area contributed by atoms with E-state index in [0.717, 1.165) is 44.4 Å². The Labute approximate surface area is 97.4 Å². The van der Waals surface area contributed by atoms with Gasteiger partial charge in [0, 0.05) is 18.5 Å². The third-order valence-electron chi connectivity index (χ3n) is 2.88. The van der Waals surface area contributed by atoms with Crippen LogP contribution in [0.3, 0.4) is 0 Å². The summed E-state index contributed by atoms with van der Waals surface area (Å²) in [6.45, 7) is 11.1. The maximum absolute atomic E-state index is 5.87. The summed E-state index contributed by atoms with van der Waals surface area (Å²) < 4.78 is 11.2. The molecule has 90 valence electrons. The van der Waals surface area contributed by atoms with E-state index in [4.69, 9.17) is 9.15 Å². The molecule has 0 unspecified atom stereocenters. The van der Waals surface area contributed by atoms with Crippen LogP contribution in [0.25, 0.3) is 0 Å². The molecule has 0 amide bonds. The predicted molar refractivity (Wildman–Crippen MR) is 63.5 cm³/mol. The van der Waals surface area contributed by atoms with Crippen molar-refractivity contribution in [2.24, 2.45) is 0 Å². The van der Waals surface area contributed by atoms with Crippen molar-refractivity contribution < 1.29 is 9.15 Å². The molecule has 1 fully saturated rings. The molecule has 0 spiro atoms. The van der Waals surface area contributed by atoms with Gasteiger partial charge in [-0.2, -0.15) is 0 Å². The second kappa shape index (κ2) is 4.60. The SMILES string of the molecule is CC(C)(C)c1ccc(CN2CCOCC2)o1. The zero-order valence-electron chi connectivity index (χ0n) is 10.5. The Morgan fingerprint density at radius 3 is 2.44 bits per heavy atom. The van der Waals surface area contributed by atoms with Gasteiger partial charge in [0.2, 0.25) is 0 Å². The van der Waals surface area contributed by atoms with E-state index in [1.165, 1.54) is 0 Å². The zero-order valence-corrected chi connectivity index (χ0v) is 10.5. The van der Waals surface area contributed by atoms with E-state index >= 15 is 0 Å². The number of nitrogens with zero attached hydrogens (tertiary/aromatic N) is 1. The van der Waals surface area contributed by atoms with Crippen molar-refractivity contribution in [1.29, 1.82) is 0 Å². The smallest absolute Gasteiger partial charge is 0.118 e. The van der Waals surface area contributed by atoms with Crippen molar-refractivity contribution in [3.05, 3.63) is 23.7 Å². The van der Waals surface area contributed by atoms with E-state index in [1.54, 1.807) is 0 Å². The van der Waals surface area contributed by atoms with Gasteiger partial charge >= 0.3 is 0 Å². The lowest BCUT2D eigenvalue weighted by molar-refractivity contribution is 0.0310. The summed E-state index contributed by atoms with van der Waals surface area (Å²) in [5, 5.41) is 0. The summed E-state index contributed by atoms with van der Waals surface area (Å²) in [6.07, 6.45) is 0. The van der Waals surface area contributed by atoms with Gasteiger partial charge in [0.1, 0.15) is 11.5 Å². The van der Waals surface area contributed by atoms with Crippen molar-refractivity contribution >= 4 is 0 Å². The van der Waals surface area contributed by atoms with E-state index < -0.39 is 0 Å². The van der Waals surface area contributed by atoms with Gasteiger partial charge in [-0.05, 0) is 12.1 Å². The first-order valence-corrected chi connectivity index (χ1v) is 5.95. The van der Waals surface area contributed by atoms with Gasteiger partial charge < -0.3 is 9.15 Å². The molecule has 2 heterocycles. The Hall–Kier alpha value is -0.800. The van der Waals surface area contributed by atoms with Gasteiger partial charge in [-0.15, -0.1) is 0 Å². The van der Waals surface area contributed by atoms with Crippen LogP contribution in [0.4, 0.5) is 0 Å². The van der Waals surface area contributed by atoms with E-state index in [9.17, 15) is 0 Å². The van der Waals surface area contributed by atoms with Crippen molar-refractivity contribution in [2.75, 3.05) is 26.3 Å². The lowest BCUT2D eigenvalue weighted by atomic mass is 9.94. The van der Waals surface area contributed by atoms with E-state index in [1.807, 2.05) is 0 Å². The van der Waals surface area contributed by atoms with Gasteiger partial charge in [0.15, 0.2) is 0 Å². The number of furan rings is 1. The Morgan fingerprint density at radius 1 is 1.19 bits per heavy atom. The van der Waals surface area contributed by atoms with E-state index in [2.05, 4.69) is 37.8 Å². The molecule has 0 aliphatic carbocycles. The van der Waals surface area contributed by atoms with Crippen LogP contribution in [0.15, 0.2) is 16.5 Å². The van der Waals surface area contributed by atoms with Crippen LogP contribution in [0.1, 0.15) is 32.3 Å². The lowest BCUT2D eigenvalue weighted by Crippen LogP contribution is -2.35. The fraction of sp³-hybridized carbons (Fsp3) is 0.692. The van der Waals surface area contributed by atoms with Gasteiger partial charge in [-0.3, -0.25) is 4.90 Å². The molecule has 3 nitrogen and oxygen atoms in total. The van der Waals surface area contributed by atoms with Crippen molar-refractivity contribution in [1.82, 2.24) is 4.90 Å². The van der Waals surface area contributed by atoms with Crippen molar-refractivity contribution in [3.8, 4) is 0 Å². The maximum Gasteiger partial charge on any atom is 0.118 e. The van der Waals surface area contributed by atoms with Crippen LogP contribution in [0.2, 0.25) is 0 Å². The molecule has 1 saturated heterocycles. The quantitative estimate of drug-likeness (QED) is 0.770. The summed E-state index contributed by atoms with van der Waals surface area (Å²) in [4.78, 5) is 2.37. The van der Waals surface area contributed by atoms with E-state index in [0.29, 0.717) is 0 Å². The molecular weight excluding hydrogens is 202 g/mol. The topological polar surface area (TPSA) is 25.6 Å². The van der Waals surface area contributed by atoms with Crippen molar-refractivity contribution in [3.63, 3.8) is 0 Å². The molecule has 0 saturated carbocycles. The molecule has 0 atom stereocenters. The largest absolute Gasteiger partial charge is 0.464 e. The Kier molecular flexibility index (Phi) is 3.36. The molecule has 16 heavy (non-hydrogen) atoms. The highest BCUT2D eigenvalue weighted by atomic mass is 16.5. The summed E-state index contributed by atoms with van der Waals surface area (Å²) in [7, 11) is 0. The molecule has 2 rings (SSSR count). The normalized spacial score (nSPS) is 18.9. The standard InChI is InChI=1S/C13H21NO2/c1-13(2,3)12-5-4-11(16-12)10-14-6-8-15-9-7-14/h4-5H,6-10H2,1-3H3. The van der Waals surface area contributed by atoms with Gasteiger partial charge in [-0.1, -0.05) is 20.8 Å². The molecule has 1 aliphatic rings. The van der Waals surface area contributed by atoms with Gasteiger partial charge in [0.25, 0.3) is 0 Å². The minimum atomic E-state index is 0.100. The van der Waals surface area contributed by atoms with Crippen LogP contribution in [-0.4, -0.2) is 31.2 Å². The van der Waals surface area contributed by atoms with Crippen LogP contribution >= 0.6 is 0 Å². The third-order valence-corrected chi connectivity index (χ3v) is 2.88. The van der Waals surface area contributed by atoms with E-state index in [-0.39, 0.29) is 5.41 Å². The predicted octanol–water partition coefficient (Wildman–Crippen LogP) is 2.41. The minimum absolute atomic E-state index is 0.100. The Balaban J connectivity index is 1.97. The molecule has 0 bridgehead atoms. The summed E-state index contributed by atoms with van der Waals surface area (Å²) >= 11 is 0. The molecule has 0 N–H and O–H groups in total. The lowest BCUT2D eigenvalue weighted by Gasteiger charge is -2.25. The number of ether oxygens (including phenoxy) is 1. The fourth-order valence-electron chi connectivity index (χ4n) is 1.85. The second-order valence-electron chi connectivity index (χ2n) is 5.40. The fourth-order valence-corrected chi connectivity index (χ4v) is 1.85. The first-order chi connectivity index (χ1) is 7.55. The molecule has 0 radical (unpaired) electrons. The highest BCUT2D eigenvalue weighted by Crippen LogP contribution is 2.24. The first-order valence-electron chi connectivity index (χ1n) is 5.95. The van der Waals surface area contributed by atoms with Crippen LogP contribution in [-0.2, 0) is 16.7 Å². The molecule has 1 aliphatic heterocycles. The van der Waals surface area contributed by atoms with Gasteiger partial charge in [0.05, 0.1) is 19.8 Å². The number of hydrogen-bond donors (Lipinski definition) is 0. The Morgan fingerprint density at radius 2 is 1.88 bits per heavy atom. The van der Waals surface area contributed by atoms with Crippen LogP contribution < -0.4 is 0 Å². The van der Waals surface area contributed by atoms with Crippen LogP contribution in [0, 0.1) is 0 Å². The number of hydrogen-bond acceptors (Lipinski definition) is 3. The summed E-state index contributed by atoms with van der Waals surface area (Å²) in [5.74, 6) is 2.13. The zero-order chi connectivity index (χ0) is 11.6. The highest BCUT2D eigenvalue weighted by molar-refractivity contribution is 5.14. The summed E-state index contributed by atoms with van der Waals surface area (Å²) in [6, 6.07) is 4.19. The molecule has 1 aromatic heterocycles. The molecule has 1 aromatic rings.